The number of rotatable bonds is 1. The van der Waals surface area contributed by atoms with E-state index in [9.17, 15) is 0 Å². The Morgan fingerprint density at radius 3 is 2.75 bits per heavy atom. The summed E-state index contributed by atoms with van der Waals surface area (Å²) < 4.78 is 0. The van der Waals surface area contributed by atoms with Crippen LogP contribution in [0.4, 0.5) is 0 Å². The van der Waals surface area contributed by atoms with Crippen molar-refractivity contribution in [3.05, 3.63) is 29.8 Å². The van der Waals surface area contributed by atoms with E-state index in [0.29, 0.717) is 5.92 Å². The van der Waals surface area contributed by atoms with Gasteiger partial charge < -0.3 is 0 Å². The fourth-order valence-corrected chi connectivity index (χ4v) is 1.86. The molecule has 12 heavy (non-hydrogen) atoms. The standard InChI is InChI=1S/C10H12B2/c1-7(2)10-8-5-3-4-6-9(8)11-12-10/h3-7,11H,1-2H3. The molecule has 2 rings (SSSR count). The maximum absolute atomic E-state index is 2.36. The molecule has 0 aromatic heterocycles. The Morgan fingerprint density at radius 1 is 1.25 bits per heavy atom. The van der Waals surface area contributed by atoms with Gasteiger partial charge in [-0.1, -0.05) is 0 Å². The minimum atomic E-state index is 0.661. The van der Waals surface area contributed by atoms with Crippen molar-refractivity contribution in [1.82, 2.24) is 0 Å². The zero-order valence-electron chi connectivity index (χ0n) is 7.67. The van der Waals surface area contributed by atoms with Crippen molar-refractivity contribution in [2.75, 3.05) is 0 Å². The SMILES string of the molecule is CC(C)C1=BBc2ccccc21. The van der Waals surface area contributed by atoms with Gasteiger partial charge in [-0.2, -0.15) is 0 Å². The minimum absolute atomic E-state index is 0.661. The van der Waals surface area contributed by atoms with Crippen LogP contribution in [0.1, 0.15) is 19.4 Å². The van der Waals surface area contributed by atoms with Gasteiger partial charge in [0.05, 0.1) is 0 Å². The third-order valence-corrected chi connectivity index (χ3v) is 2.49. The molecule has 0 saturated heterocycles. The Kier molecular flexibility index (Phi) is 1.92. The Labute approximate surface area is 75.1 Å². The van der Waals surface area contributed by atoms with Crippen LogP contribution in [0.15, 0.2) is 24.3 Å². The first-order chi connectivity index (χ1) is 5.79. The molecule has 0 spiro atoms. The summed E-state index contributed by atoms with van der Waals surface area (Å²) in [6.07, 6.45) is 0. The average molecular weight is 154 g/mol. The maximum atomic E-state index is 2.36. The predicted octanol–water partition coefficient (Wildman–Crippen LogP) is 0.558. The van der Waals surface area contributed by atoms with E-state index >= 15 is 0 Å². The molecule has 0 atom stereocenters. The Bertz CT molecular complexity index is 326. The van der Waals surface area contributed by atoms with Gasteiger partial charge in [-0.05, 0) is 0 Å². The summed E-state index contributed by atoms with van der Waals surface area (Å²) in [5, 5.41) is 0. The molecule has 0 N–H and O–H groups in total. The second kappa shape index (κ2) is 2.93. The van der Waals surface area contributed by atoms with E-state index in [1.54, 1.807) is 0 Å². The summed E-state index contributed by atoms with van der Waals surface area (Å²) in [7, 11) is 1.13. The molecule has 1 aliphatic rings. The zero-order valence-corrected chi connectivity index (χ0v) is 7.67. The van der Waals surface area contributed by atoms with Gasteiger partial charge >= 0.3 is 74.5 Å². The van der Waals surface area contributed by atoms with E-state index in [-0.39, 0.29) is 0 Å². The molecule has 1 aromatic rings. The van der Waals surface area contributed by atoms with Gasteiger partial charge in [0, 0.05) is 0 Å². The summed E-state index contributed by atoms with van der Waals surface area (Å²) in [5.41, 5.74) is 4.47. The third-order valence-electron chi connectivity index (χ3n) is 2.49. The number of hydrogen-bond acceptors (Lipinski definition) is 0. The summed E-state index contributed by atoms with van der Waals surface area (Å²) in [5.74, 6) is 0.661. The van der Waals surface area contributed by atoms with E-state index in [0.717, 1.165) is 7.17 Å². The summed E-state index contributed by atoms with van der Waals surface area (Å²) in [4.78, 5) is 0. The summed E-state index contributed by atoms with van der Waals surface area (Å²) in [6, 6.07) is 8.70. The van der Waals surface area contributed by atoms with Crippen molar-refractivity contribution in [2.45, 2.75) is 13.8 Å². The van der Waals surface area contributed by atoms with Crippen LogP contribution in [0.25, 0.3) is 0 Å². The van der Waals surface area contributed by atoms with E-state index in [1.807, 2.05) is 0 Å². The molecule has 0 saturated carbocycles. The second-order valence-corrected chi connectivity index (χ2v) is 3.68. The zero-order chi connectivity index (χ0) is 8.55. The normalized spacial score (nSPS) is 13.4. The Hall–Kier alpha value is -0.780. The fraction of sp³-hybridized carbons (Fsp3) is 0.300. The topological polar surface area (TPSA) is 0 Å². The number of fused-ring (bicyclic) bond motifs is 1. The molecular formula is C10H12B2. The molecule has 1 aromatic carbocycles. The molecule has 0 nitrogen and oxygen atoms in total. The summed E-state index contributed by atoms with van der Waals surface area (Å²) in [6.45, 7) is 6.87. The van der Waals surface area contributed by atoms with E-state index in [1.165, 1.54) is 16.5 Å². The molecule has 0 fully saturated rings. The van der Waals surface area contributed by atoms with Crippen molar-refractivity contribution in [2.24, 2.45) is 5.92 Å². The quantitative estimate of drug-likeness (QED) is 0.518. The summed E-state index contributed by atoms with van der Waals surface area (Å²) >= 11 is 0. The molecule has 1 aliphatic heterocycles. The van der Waals surface area contributed by atoms with Crippen LogP contribution in [-0.4, -0.2) is 19.4 Å². The van der Waals surface area contributed by atoms with Gasteiger partial charge in [-0.15, -0.1) is 0 Å². The average Bonchev–Trinajstić information content (AvgIpc) is 2.47. The molecule has 1 heterocycles. The molecule has 0 unspecified atom stereocenters. The van der Waals surface area contributed by atoms with E-state index in [4.69, 9.17) is 0 Å². The first kappa shape index (κ1) is 7.85. The third kappa shape index (κ3) is 1.16. The van der Waals surface area contributed by atoms with Crippen molar-refractivity contribution in [3.63, 3.8) is 0 Å². The van der Waals surface area contributed by atoms with Gasteiger partial charge in [-0.3, -0.25) is 0 Å². The first-order valence-corrected chi connectivity index (χ1v) is 4.57. The van der Waals surface area contributed by atoms with Crippen LogP contribution >= 0.6 is 0 Å². The van der Waals surface area contributed by atoms with E-state index in [2.05, 4.69) is 44.9 Å². The Balaban J connectivity index is 2.45. The van der Waals surface area contributed by atoms with Crippen molar-refractivity contribution in [3.8, 4) is 0 Å². The number of hydrogen-bond donors (Lipinski definition) is 0. The number of benzene rings is 1. The van der Waals surface area contributed by atoms with Crippen LogP contribution in [-0.2, 0) is 0 Å². The Morgan fingerprint density at radius 2 is 2.00 bits per heavy atom. The molecule has 0 bridgehead atoms. The molecule has 0 aliphatic carbocycles. The molecule has 58 valence electrons. The van der Waals surface area contributed by atoms with Gasteiger partial charge in [0.15, 0.2) is 0 Å². The van der Waals surface area contributed by atoms with E-state index < -0.39 is 0 Å². The molecule has 0 amide bonds. The van der Waals surface area contributed by atoms with Gasteiger partial charge in [0.1, 0.15) is 0 Å². The predicted molar refractivity (Wildman–Crippen MR) is 57.9 cm³/mol. The molecule has 2 heteroatoms. The monoisotopic (exact) mass is 154 g/mol. The van der Waals surface area contributed by atoms with Crippen molar-refractivity contribution in [1.29, 1.82) is 0 Å². The van der Waals surface area contributed by atoms with Crippen LogP contribution in [0.3, 0.4) is 0 Å². The fourth-order valence-electron chi connectivity index (χ4n) is 1.86. The first-order valence-electron chi connectivity index (χ1n) is 4.57. The molecular weight excluding hydrogens is 142 g/mol. The van der Waals surface area contributed by atoms with Gasteiger partial charge in [-0.25, -0.2) is 0 Å². The molecule has 0 radical (unpaired) electrons. The van der Waals surface area contributed by atoms with Gasteiger partial charge in [0.25, 0.3) is 0 Å². The van der Waals surface area contributed by atoms with Gasteiger partial charge in [0.2, 0.25) is 0 Å². The second-order valence-electron chi connectivity index (χ2n) is 3.68. The van der Waals surface area contributed by atoms with Crippen molar-refractivity contribution < 1.29 is 0 Å². The van der Waals surface area contributed by atoms with Crippen LogP contribution in [0, 0.1) is 5.92 Å². The van der Waals surface area contributed by atoms with Crippen LogP contribution < -0.4 is 5.46 Å². The van der Waals surface area contributed by atoms with Crippen LogP contribution in [0.2, 0.25) is 0 Å². The van der Waals surface area contributed by atoms with Crippen LogP contribution in [0.5, 0.6) is 0 Å². The van der Waals surface area contributed by atoms with Crippen molar-refractivity contribution >= 4 is 24.9 Å².